The molecule has 0 aromatic heterocycles. The average Bonchev–Trinajstić information content (AvgIpc) is 3.41. The number of carbonyl (C=O) groups is 2. The molecule has 3 heterocycles. The standard InChI is InChI=1S/C21H18NO11P.Na/c23-14-12-9(6-10-16(14)30-7-29-10)11-13(22-20(12)25)18-19(33-34(27,28)32-18)15(24)17(11)31-21(26)8-4-2-1-3-5-8;/h1-6,11,13,15,17-19,23-24H,7H2,(H,22,25)(H,27,28);/q;+1/p-1/t11-,13-,15+,17-,18+,19-;/m1./s1. The van der Waals surface area contributed by atoms with Crippen LogP contribution in [0.4, 0.5) is 0 Å². The number of ether oxygens (including phenoxy) is 3. The van der Waals surface area contributed by atoms with Crippen molar-refractivity contribution in [2.24, 2.45) is 0 Å². The number of aliphatic hydroxyl groups excluding tert-OH is 1. The summed E-state index contributed by atoms with van der Waals surface area (Å²) in [4.78, 5) is 37.9. The minimum atomic E-state index is -4.79. The summed E-state index contributed by atoms with van der Waals surface area (Å²) in [7, 11) is -4.79. The Bertz CT molecular complexity index is 1260. The quantitative estimate of drug-likeness (QED) is 0.215. The largest absolute Gasteiger partial charge is 1.00 e. The summed E-state index contributed by atoms with van der Waals surface area (Å²) in [5.74, 6) is -2.89. The fourth-order valence-electron chi connectivity index (χ4n) is 5.00. The van der Waals surface area contributed by atoms with Gasteiger partial charge in [0.15, 0.2) is 11.5 Å². The molecular weight excluding hydrogens is 496 g/mol. The number of phenols is 1. The van der Waals surface area contributed by atoms with Crippen LogP contribution in [0.1, 0.15) is 32.2 Å². The first-order chi connectivity index (χ1) is 16.2. The molecule has 14 heteroatoms. The van der Waals surface area contributed by atoms with Gasteiger partial charge in [-0.15, -0.1) is 0 Å². The number of phosphoric acid groups is 1. The molecule has 2 aromatic rings. The number of hydrogen-bond donors (Lipinski definition) is 3. The van der Waals surface area contributed by atoms with Gasteiger partial charge in [0.05, 0.1) is 17.2 Å². The van der Waals surface area contributed by atoms with Gasteiger partial charge in [-0.3, -0.25) is 9.36 Å². The molecule has 1 saturated carbocycles. The molecule has 6 rings (SSSR count). The Hall–Kier alpha value is -2.15. The van der Waals surface area contributed by atoms with E-state index in [1.807, 2.05) is 0 Å². The van der Waals surface area contributed by atoms with Crippen molar-refractivity contribution in [3.05, 3.63) is 53.1 Å². The van der Waals surface area contributed by atoms with Crippen molar-refractivity contribution in [2.45, 2.75) is 36.4 Å². The summed E-state index contributed by atoms with van der Waals surface area (Å²) < 4.78 is 38.3. The van der Waals surface area contributed by atoms with Gasteiger partial charge in [-0.05, 0) is 23.8 Å². The second kappa shape index (κ2) is 8.75. The van der Waals surface area contributed by atoms with Gasteiger partial charge < -0.3 is 43.7 Å². The molecule has 2 aromatic carbocycles. The van der Waals surface area contributed by atoms with E-state index < -0.39 is 61.8 Å². The van der Waals surface area contributed by atoms with E-state index >= 15 is 0 Å². The third kappa shape index (κ3) is 3.85. The maximum absolute atomic E-state index is 13.0. The average molecular weight is 513 g/mol. The first-order valence-electron chi connectivity index (χ1n) is 10.3. The molecule has 1 amide bonds. The number of aliphatic hydroxyl groups is 1. The number of aromatic hydroxyl groups is 1. The molecule has 4 aliphatic rings. The Morgan fingerprint density at radius 1 is 1.17 bits per heavy atom. The van der Waals surface area contributed by atoms with Crippen LogP contribution in [-0.4, -0.2) is 59.3 Å². The Kier molecular flexibility index (Phi) is 6.14. The molecule has 1 unspecified atom stereocenters. The van der Waals surface area contributed by atoms with Crippen LogP contribution in [0.15, 0.2) is 36.4 Å². The van der Waals surface area contributed by atoms with Crippen molar-refractivity contribution in [3.8, 4) is 17.2 Å². The van der Waals surface area contributed by atoms with Crippen LogP contribution in [-0.2, 0) is 18.3 Å². The van der Waals surface area contributed by atoms with Crippen molar-refractivity contribution in [3.63, 3.8) is 0 Å². The third-order valence-electron chi connectivity index (χ3n) is 6.40. The molecule has 12 nitrogen and oxygen atoms in total. The number of phosphoric ester groups is 1. The summed E-state index contributed by atoms with van der Waals surface area (Å²) in [6, 6.07) is 8.36. The zero-order valence-corrected chi connectivity index (χ0v) is 21.0. The van der Waals surface area contributed by atoms with Crippen LogP contribution < -0.4 is 49.2 Å². The van der Waals surface area contributed by atoms with Gasteiger partial charge in [-0.1, -0.05) is 18.2 Å². The number of carbonyl (C=O) groups excluding carboxylic acids is 2. The summed E-state index contributed by atoms with van der Waals surface area (Å²) in [6.07, 6.45) is -5.74. The van der Waals surface area contributed by atoms with Gasteiger partial charge in [0.25, 0.3) is 13.7 Å². The van der Waals surface area contributed by atoms with Crippen molar-refractivity contribution in [1.82, 2.24) is 5.32 Å². The fraction of sp³-hybridized carbons (Fsp3) is 0.333. The molecule has 2 fully saturated rings. The number of esters is 1. The molecule has 1 saturated heterocycles. The summed E-state index contributed by atoms with van der Waals surface area (Å²) in [5, 5.41) is 24.4. The number of fused-ring (bicyclic) bond motifs is 6. The topological polar surface area (TPSA) is 173 Å². The van der Waals surface area contributed by atoms with E-state index in [4.69, 9.17) is 23.3 Å². The number of amides is 1. The fourth-order valence-corrected chi connectivity index (χ4v) is 6.14. The summed E-state index contributed by atoms with van der Waals surface area (Å²) in [5.41, 5.74) is 0.205. The Morgan fingerprint density at radius 3 is 2.63 bits per heavy atom. The van der Waals surface area contributed by atoms with E-state index in [1.165, 1.54) is 18.2 Å². The first kappa shape index (κ1) is 24.5. The van der Waals surface area contributed by atoms with Gasteiger partial charge in [-0.2, -0.15) is 0 Å². The smallest absolute Gasteiger partial charge is 0.756 e. The summed E-state index contributed by atoms with van der Waals surface area (Å²) in [6.45, 7) is -0.183. The molecule has 0 bridgehead atoms. The van der Waals surface area contributed by atoms with Crippen molar-refractivity contribution in [1.29, 1.82) is 0 Å². The van der Waals surface area contributed by atoms with E-state index in [1.54, 1.807) is 18.2 Å². The summed E-state index contributed by atoms with van der Waals surface area (Å²) >= 11 is 0. The molecule has 0 spiro atoms. The second-order valence-corrected chi connectivity index (χ2v) is 9.58. The van der Waals surface area contributed by atoms with Gasteiger partial charge >= 0.3 is 35.5 Å². The molecule has 35 heavy (non-hydrogen) atoms. The molecule has 3 N–H and O–H groups in total. The van der Waals surface area contributed by atoms with E-state index in [0.717, 1.165) is 0 Å². The van der Waals surface area contributed by atoms with Crippen LogP contribution in [0.2, 0.25) is 0 Å². The minimum Gasteiger partial charge on any atom is -0.756 e. The second-order valence-electron chi connectivity index (χ2n) is 8.26. The number of nitrogens with one attached hydrogen (secondary N) is 1. The van der Waals surface area contributed by atoms with Crippen LogP contribution in [0.3, 0.4) is 0 Å². The van der Waals surface area contributed by atoms with Gasteiger partial charge in [-0.25, -0.2) is 4.79 Å². The number of phenolic OH excluding ortho intramolecular Hbond substituents is 1. The predicted molar refractivity (Wildman–Crippen MR) is 107 cm³/mol. The van der Waals surface area contributed by atoms with E-state index in [9.17, 15) is 29.3 Å². The molecule has 0 radical (unpaired) electrons. The Labute approximate surface area is 220 Å². The molecule has 7 atom stereocenters. The maximum atomic E-state index is 13.0. The van der Waals surface area contributed by atoms with Crippen LogP contribution in [0, 0.1) is 0 Å². The number of rotatable bonds is 2. The molecule has 178 valence electrons. The maximum Gasteiger partial charge on any atom is 1.00 e. The molecule has 3 aliphatic heterocycles. The number of benzene rings is 2. The van der Waals surface area contributed by atoms with Crippen molar-refractivity contribution in [2.75, 3.05) is 6.79 Å². The molecule has 1 aliphatic carbocycles. The Morgan fingerprint density at radius 2 is 1.89 bits per heavy atom. The zero-order chi connectivity index (χ0) is 23.8. The van der Waals surface area contributed by atoms with Gasteiger partial charge in [0.2, 0.25) is 12.5 Å². The Balaban J connectivity index is 0.00000253. The van der Waals surface area contributed by atoms with E-state index in [-0.39, 0.29) is 64.5 Å². The van der Waals surface area contributed by atoms with Crippen molar-refractivity contribution >= 4 is 19.7 Å². The zero-order valence-electron chi connectivity index (χ0n) is 18.2. The van der Waals surface area contributed by atoms with Gasteiger partial charge in [0, 0.05) is 5.92 Å². The SMILES string of the molecule is O=C(O[C@H]1[C@H](O)[C@H]2OP(=O)([O-])O[C@H]2[C@@H]2NC(=O)c3c(cc4c(c3O)OCO4)[C@H]21)c1ccccc1.[Na+]. The third-order valence-corrected chi connectivity index (χ3v) is 7.40. The minimum absolute atomic E-state index is 0. The first-order valence-corrected chi connectivity index (χ1v) is 11.8. The normalized spacial score (nSPS) is 34.1. The monoisotopic (exact) mass is 513 g/mol. The van der Waals surface area contributed by atoms with Gasteiger partial charge in [0.1, 0.15) is 24.4 Å². The number of hydrogen-bond acceptors (Lipinski definition) is 11. The predicted octanol–water partition coefficient (Wildman–Crippen LogP) is -2.83. The van der Waals surface area contributed by atoms with E-state index in [2.05, 4.69) is 5.32 Å². The van der Waals surface area contributed by atoms with Crippen LogP contribution in [0.25, 0.3) is 0 Å². The molecular formula is C21H17NNaO11P. The van der Waals surface area contributed by atoms with Crippen molar-refractivity contribution < 1.29 is 82.1 Å². The van der Waals surface area contributed by atoms with Crippen LogP contribution in [0.5, 0.6) is 17.2 Å². The van der Waals surface area contributed by atoms with E-state index in [0.29, 0.717) is 0 Å². The van der Waals surface area contributed by atoms with Crippen LogP contribution >= 0.6 is 7.82 Å².